The molecule has 0 fully saturated rings. The molecule has 3 rings (SSSR count). The average Bonchev–Trinajstić information content (AvgIpc) is 3.20. The summed E-state index contributed by atoms with van der Waals surface area (Å²) in [5.74, 6) is 0.509. The Bertz CT molecular complexity index is 843. The van der Waals surface area contributed by atoms with E-state index in [4.69, 9.17) is 4.74 Å². The molecule has 5 heteroatoms. The van der Waals surface area contributed by atoms with Crippen LogP contribution in [0.15, 0.2) is 60.7 Å². The van der Waals surface area contributed by atoms with Gasteiger partial charge in [-0.2, -0.15) is 0 Å². The first-order valence-corrected chi connectivity index (χ1v) is 9.14. The lowest BCUT2D eigenvalue weighted by atomic mass is 10.0. The number of benzene rings is 2. The normalized spacial score (nSPS) is 15.6. The van der Waals surface area contributed by atoms with Crippen LogP contribution in [0.4, 0.5) is 0 Å². The molecule has 0 saturated carbocycles. The van der Waals surface area contributed by atoms with Gasteiger partial charge in [-0.15, -0.1) is 0 Å². The number of carbonyl (C=O) groups is 2. The molecule has 27 heavy (non-hydrogen) atoms. The van der Waals surface area contributed by atoms with Crippen molar-refractivity contribution in [2.24, 2.45) is 0 Å². The van der Waals surface area contributed by atoms with Gasteiger partial charge in [-0.3, -0.25) is 9.59 Å². The molecule has 0 aliphatic carbocycles. The topological polar surface area (TPSA) is 58.6 Å². The molecule has 2 aromatic carbocycles. The van der Waals surface area contributed by atoms with Gasteiger partial charge in [-0.25, -0.2) is 0 Å². The van der Waals surface area contributed by atoms with Crippen molar-refractivity contribution in [1.29, 1.82) is 0 Å². The van der Waals surface area contributed by atoms with Gasteiger partial charge in [0.05, 0.1) is 6.04 Å². The van der Waals surface area contributed by atoms with Crippen molar-refractivity contribution in [3.63, 3.8) is 0 Å². The van der Waals surface area contributed by atoms with Crippen LogP contribution in [0.3, 0.4) is 0 Å². The maximum absolute atomic E-state index is 12.9. The van der Waals surface area contributed by atoms with Gasteiger partial charge in [0.2, 0.25) is 0 Å². The zero-order valence-corrected chi connectivity index (χ0v) is 15.6. The second kappa shape index (κ2) is 8.54. The molecule has 0 saturated heterocycles. The molecule has 1 unspecified atom stereocenters. The Balaban J connectivity index is 1.73. The maximum atomic E-state index is 12.9. The molecule has 2 aromatic rings. The second-order valence-corrected chi connectivity index (χ2v) is 6.43. The molecule has 1 aliphatic rings. The van der Waals surface area contributed by atoms with Gasteiger partial charge in [0.15, 0.2) is 6.61 Å². The van der Waals surface area contributed by atoms with Crippen LogP contribution < -0.4 is 10.1 Å². The van der Waals surface area contributed by atoms with Crippen molar-refractivity contribution in [2.75, 3.05) is 20.2 Å². The first-order valence-electron chi connectivity index (χ1n) is 9.14. The summed E-state index contributed by atoms with van der Waals surface area (Å²) in [7, 11) is 1.57. The number of hydrogen-bond donors (Lipinski definition) is 1. The number of nitrogens with one attached hydrogen (secondary N) is 1. The van der Waals surface area contributed by atoms with Crippen molar-refractivity contribution in [3.05, 3.63) is 66.2 Å². The lowest BCUT2D eigenvalue weighted by Crippen LogP contribution is -2.35. The fourth-order valence-corrected chi connectivity index (χ4v) is 3.12. The summed E-state index contributed by atoms with van der Waals surface area (Å²) in [5.41, 5.74) is 2.65. The van der Waals surface area contributed by atoms with Crippen LogP contribution in [0, 0.1) is 0 Å². The van der Waals surface area contributed by atoms with Gasteiger partial charge >= 0.3 is 0 Å². The molecular formula is C22H24N2O3. The van der Waals surface area contributed by atoms with Gasteiger partial charge in [-0.05, 0) is 41.8 Å². The van der Waals surface area contributed by atoms with Gasteiger partial charge in [0.25, 0.3) is 11.8 Å². The largest absolute Gasteiger partial charge is 0.484 e. The highest BCUT2D eigenvalue weighted by atomic mass is 16.5. The monoisotopic (exact) mass is 364 g/mol. The smallest absolute Gasteiger partial charge is 0.257 e. The molecule has 0 radical (unpaired) electrons. The Labute approximate surface area is 159 Å². The average molecular weight is 364 g/mol. The number of ether oxygens (including phenoxy) is 1. The van der Waals surface area contributed by atoms with E-state index in [1.165, 1.54) is 0 Å². The van der Waals surface area contributed by atoms with Crippen LogP contribution in [-0.4, -0.2) is 43.0 Å². The molecule has 1 aliphatic heterocycles. The van der Waals surface area contributed by atoms with Crippen LogP contribution in [-0.2, 0) is 4.79 Å². The second-order valence-electron chi connectivity index (χ2n) is 6.43. The number of hydrogen-bond acceptors (Lipinski definition) is 3. The fourth-order valence-electron chi connectivity index (χ4n) is 3.12. The Hall–Kier alpha value is -3.08. The van der Waals surface area contributed by atoms with Crippen molar-refractivity contribution < 1.29 is 14.3 Å². The molecule has 1 N–H and O–H groups in total. The van der Waals surface area contributed by atoms with Crippen molar-refractivity contribution >= 4 is 11.8 Å². The highest BCUT2D eigenvalue weighted by molar-refractivity contribution is 5.96. The summed E-state index contributed by atoms with van der Waals surface area (Å²) in [6.45, 7) is 2.74. The van der Waals surface area contributed by atoms with Gasteiger partial charge < -0.3 is 15.0 Å². The van der Waals surface area contributed by atoms with E-state index in [1.807, 2.05) is 59.5 Å². The summed E-state index contributed by atoms with van der Waals surface area (Å²) in [5, 5.41) is 2.52. The number of nitrogens with zero attached hydrogens (tertiary/aromatic N) is 1. The first kappa shape index (κ1) is 18.7. The van der Waals surface area contributed by atoms with E-state index >= 15 is 0 Å². The lowest BCUT2D eigenvalue weighted by molar-refractivity contribution is -0.122. The minimum atomic E-state index is -0.174. The van der Waals surface area contributed by atoms with Crippen LogP contribution >= 0.6 is 0 Å². The molecule has 1 atom stereocenters. The number of amides is 2. The molecule has 1 heterocycles. The SMILES string of the molecule is CCC1C=CCN1C(=O)c1cccc(-c2ccc(OCC(=O)NC)cc2)c1. The number of rotatable bonds is 6. The van der Waals surface area contributed by atoms with E-state index in [9.17, 15) is 9.59 Å². The fraction of sp³-hybridized carbons (Fsp3) is 0.273. The third-order valence-electron chi connectivity index (χ3n) is 4.69. The van der Waals surface area contributed by atoms with Crippen LogP contribution in [0.25, 0.3) is 11.1 Å². The molecule has 0 bridgehead atoms. The standard InChI is InChI=1S/C22H24N2O3/c1-3-19-8-5-13-24(19)22(26)18-7-4-6-17(14-18)16-9-11-20(12-10-16)27-15-21(25)23-2/h4-12,14,19H,3,13,15H2,1-2H3,(H,23,25). The molecule has 0 aromatic heterocycles. The van der Waals surface area contributed by atoms with Gasteiger partial charge in [0, 0.05) is 19.2 Å². The van der Waals surface area contributed by atoms with E-state index in [1.54, 1.807) is 7.05 Å². The number of likely N-dealkylation sites (N-methyl/N-ethyl adjacent to an activating group) is 1. The number of carbonyl (C=O) groups excluding carboxylic acids is 2. The van der Waals surface area contributed by atoms with Crippen molar-refractivity contribution in [1.82, 2.24) is 10.2 Å². The molecule has 0 spiro atoms. The minimum Gasteiger partial charge on any atom is -0.484 e. The van der Waals surface area contributed by atoms with Crippen LogP contribution in [0.1, 0.15) is 23.7 Å². The van der Waals surface area contributed by atoms with E-state index in [0.717, 1.165) is 17.5 Å². The van der Waals surface area contributed by atoms with E-state index in [-0.39, 0.29) is 24.5 Å². The van der Waals surface area contributed by atoms with Crippen LogP contribution in [0.2, 0.25) is 0 Å². The van der Waals surface area contributed by atoms with Crippen LogP contribution in [0.5, 0.6) is 5.75 Å². The van der Waals surface area contributed by atoms with E-state index in [0.29, 0.717) is 17.9 Å². The third-order valence-corrected chi connectivity index (χ3v) is 4.69. The molecule has 140 valence electrons. The Morgan fingerprint density at radius 2 is 1.93 bits per heavy atom. The molecule has 5 nitrogen and oxygen atoms in total. The van der Waals surface area contributed by atoms with Crippen molar-refractivity contribution in [3.8, 4) is 16.9 Å². The molecular weight excluding hydrogens is 340 g/mol. The molecule has 2 amide bonds. The minimum absolute atomic E-state index is 0.0116. The van der Waals surface area contributed by atoms with Gasteiger partial charge in [-0.1, -0.05) is 43.3 Å². The summed E-state index contributed by atoms with van der Waals surface area (Å²) in [6.07, 6.45) is 5.06. The predicted octanol–water partition coefficient (Wildman–Crippen LogP) is 3.27. The lowest BCUT2D eigenvalue weighted by Gasteiger charge is -2.23. The van der Waals surface area contributed by atoms with E-state index < -0.39 is 0 Å². The Morgan fingerprint density at radius 3 is 2.63 bits per heavy atom. The maximum Gasteiger partial charge on any atom is 0.257 e. The Morgan fingerprint density at radius 1 is 1.15 bits per heavy atom. The summed E-state index contributed by atoms with van der Waals surface area (Å²) < 4.78 is 5.42. The predicted molar refractivity (Wildman–Crippen MR) is 106 cm³/mol. The zero-order chi connectivity index (χ0) is 19.2. The first-order chi connectivity index (χ1) is 13.1. The van der Waals surface area contributed by atoms with Gasteiger partial charge in [0.1, 0.15) is 5.75 Å². The quantitative estimate of drug-likeness (QED) is 0.801. The highest BCUT2D eigenvalue weighted by Crippen LogP contribution is 2.25. The zero-order valence-electron chi connectivity index (χ0n) is 15.6. The van der Waals surface area contributed by atoms with Crippen molar-refractivity contribution in [2.45, 2.75) is 19.4 Å². The third kappa shape index (κ3) is 4.37. The van der Waals surface area contributed by atoms with E-state index in [2.05, 4.69) is 18.3 Å². The Kier molecular flexibility index (Phi) is 5.91. The summed E-state index contributed by atoms with van der Waals surface area (Å²) >= 11 is 0. The summed E-state index contributed by atoms with van der Waals surface area (Å²) in [6, 6.07) is 15.3. The highest BCUT2D eigenvalue weighted by Gasteiger charge is 2.24. The summed E-state index contributed by atoms with van der Waals surface area (Å²) in [4.78, 5) is 26.0.